The monoisotopic (exact) mass is 415 g/mol. The molecule has 0 aromatic heterocycles. The molecule has 7 nitrogen and oxygen atoms in total. The third-order valence-electron chi connectivity index (χ3n) is 5.10. The molecular weight excluding hydrogens is 382 g/mol. The van der Waals surface area contributed by atoms with Crippen molar-refractivity contribution in [2.24, 2.45) is 0 Å². The zero-order chi connectivity index (χ0) is 22.3. The first-order valence-corrected chi connectivity index (χ1v) is 10.6. The minimum Gasteiger partial charge on any atom is -0.459 e. The van der Waals surface area contributed by atoms with E-state index in [0.717, 1.165) is 31.2 Å². The third kappa shape index (κ3) is 6.08. The number of urea groups is 1. The minimum absolute atomic E-state index is 0.0108. The van der Waals surface area contributed by atoms with E-state index in [0.29, 0.717) is 23.4 Å². The molecule has 0 aliphatic carbocycles. The van der Waals surface area contributed by atoms with Gasteiger partial charge in [0.2, 0.25) is 5.91 Å². The van der Waals surface area contributed by atoms with Crippen molar-refractivity contribution in [1.82, 2.24) is 10.2 Å². The SMILES string of the molecule is CCCCCCC(=O)Nc1ccc([C@H]2NC(=O)N(C)C(C)=C2C(=O)OC(C)C)cc1. The number of benzene rings is 1. The van der Waals surface area contributed by atoms with Crippen molar-refractivity contribution in [3.05, 3.63) is 41.1 Å². The van der Waals surface area contributed by atoms with Gasteiger partial charge in [0.15, 0.2) is 0 Å². The summed E-state index contributed by atoms with van der Waals surface area (Å²) in [5.74, 6) is -0.466. The Kier molecular flexibility index (Phi) is 8.45. The summed E-state index contributed by atoms with van der Waals surface area (Å²) in [6, 6.07) is 6.27. The first kappa shape index (κ1) is 23.4. The van der Waals surface area contributed by atoms with Crippen LogP contribution in [-0.2, 0) is 14.3 Å². The van der Waals surface area contributed by atoms with E-state index in [2.05, 4.69) is 17.6 Å². The minimum atomic E-state index is -0.612. The molecule has 0 radical (unpaired) electrons. The Hall–Kier alpha value is -2.83. The van der Waals surface area contributed by atoms with Crippen LogP contribution in [0.2, 0.25) is 0 Å². The van der Waals surface area contributed by atoms with E-state index in [4.69, 9.17) is 4.74 Å². The predicted octanol–water partition coefficient (Wildman–Crippen LogP) is 4.52. The molecule has 3 amide bonds. The highest BCUT2D eigenvalue weighted by Crippen LogP contribution is 2.31. The molecule has 30 heavy (non-hydrogen) atoms. The maximum absolute atomic E-state index is 12.7. The van der Waals surface area contributed by atoms with Crippen LogP contribution < -0.4 is 10.6 Å². The fourth-order valence-electron chi connectivity index (χ4n) is 3.32. The van der Waals surface area contributed by atoms with E-state index in [9.17, 15) is 14.4 Å². The molecule has 0 saturated carbocycles. The molecule has 164 valence electrons. The summed E-state index contributed by atoms with van der Waals surface area (Å²) in [5.41, 5.74) is 2.38. The third-order valence-corrected chi connectivity index (χ3v) is 5.10. The van der Waals surface area contributed by atoms with Crippen LogP contribution in [0.25, 0.3) is 0 Å². The van der Waals surface area contributed by atoms with E-state index in [1.807, 2.05) is 0 Å². The first-order chi connectivity index (χ1) is 14.2. The van der Waals surface area contributed by atoms with Gasteiger partial charge in [-0.3, -0.25) is 4.79 Å². The highest BCUT2D eigenvalue weighted by Gasteiger charge is 2.35. The molecule has 0 fully saturated rings. The Morgan fingerprint density at radius 1 is 1.17 bits per heavy atom. The highest BCUT2D eigenvalue weighted by molar-refractivity contribution is 5.95. The molecule has 1 aromatic carbocycles. The predicted molar refractivity (Wildman–Crippen MR) is 117 cm³/mol. The fraction of sp³-hybridized carbons (Fsp3) is 0.522. The van der Waals surface area contributed by atoms with Crippen molar-refractivity contribution in [1.29, 1.82) is 0 Å². The van der Waals surface area contributed by atoms with Gasteiger partial charge in [-0.25, -0.2) is 9.59 Å². The second kappa shape index (κ2) is 10.8. The number of ether oxygens (including phenoxy) is 1. The standard InChI is InChI=1S/C23H33N3O4/c1-6-7-8-9-10-19(27)24-18-13-11-17(12-14-18)21-20(22(28)30-15(2)3)16(4)26(5)23(29)25-21/h11-15,21H,6-10H2,1-5H3,(H,24,27)(H,25,29)/t21-/m1/s1. The number of esters is 1. The molecule has 0 spiro atoms. The van der Waals surface area contributed by atoms with Crippen molar-refractivity contribution in [3.63, 3.8) is 0 Å². The molecule has 0 bridgehead atoms. The van der Waals surface area contributed by atoms with Gasteiger partial charge in [0, 0.05) is 24.9 Å². The number of carbonyl (C=O) groups is 3. The quantitative estimate of drug-likeness (QED) is 0.459. The van der Waals surface area contributed by atoms with E-state index in [1.165, 1.54) is 4.90 Å². The van der Waals surface area contributed by atoms with E-state index in [-0.39, 0.29) is 18.0 Å². The van der Waals surface area contributed by atoms with Crippen molar-refractivity contribution in [3.8, 4) is 0 Å². The van der Waals surface area contributed by atoms with Crippen molar-refractivity contribution in [2.75, 3.05) is 12.4 Å². The van der Waals surface area contributed by atoms with Gasteiger partial charge in [-0.1, -0.05) is 38.3 Å². The van der Waals surface area contributed by atoms with Gasteiger partial charge in [-0.2, -0.15) is 0 Å². The number of rotatable bonds is 9. The molecule has 0 saturated heterocycles. The lowest BCUT2D eigenvalue weighted by atomic mass is 9.95. The lowest BCUT2D eigenvalue weighted by Gasteiger charge is -2.33. The number of allylic oxidation sites excluding steroid dienone is 1. The molecule has 1 heterocycles. The first-order valence-electron chi connectivity index (χ1n) is 10.6. The van der Waals surface area contributed by atoms with Gasteiger partial charge in [-0.05, 0) is 44.9 Å². The summed E-state index contributed by atoms with van der Waals surface area (Å²) < 4.78 is 5.39. The average Bonchev–Trinajstić information content (AvgIpc) is 2.69. The van der Waals surface area contributed by atoms with Gasteiger partial charge in [0.05, 0.1) is 17.7 Å². The smallest absolute Gasteiger partial charge is 0.338 e. The maximum atomic E-state index is 12.7. The fourth-order valence-corrected chi connectivity index (χ4v) is 3.32. The summed E-state index contributed by atoms with van der Waals surface area (Å²) in [6.07, 6.45) is 4.44. The molecule has 2 N–H and O–H groups in total. The van der Waals surface area contributed by atoms with Crippen LogP contribution in [0, 0.1) is 0 Å². The lowest BCUT2D eigenvalue weighted by molar-refractivity contribution is -0.143. The Balaban J connectivity index is 2.15. The maximum Gasteiger partial charge on any atom is 0.338 e. The van der Waals surface area contributed by atoms with Crippen LogP contribution in [-0.4, -0.2) is 36.0 Å². The van der Waals surface area contributed by atoms with Crippen LogP contribution >= 0.6 is 0 Å². The molecule has 1 aliphatic heterocycles. The summed E-state index contributed by atoms with van der Waals surface area (Å²) in [6.45, 7) is 7.44. The number of hydrogen-bond acceptors (Lipinski definition) is 4. The number of nitrogens with zero attached hydrogens (tertiary/aromatic N) is 1. The average molecular weight is 416 g/mol. The molecule has 1 aliphatic rings. The number of unbranched alkanes of at least 4 members (excludes halogenated alkanes) is 3. The van der Waals surface area contributed by atoms with E-state index < -0.39 is 12.0 Å². The second-order valence-electron chi connectivity index (χ2n) is 7.88. The molecule has 7 heteroatoms. The van der Waals surface area contributed by atoms with Crippen molar-refractivity contribution in [2.45, 2.75) is 71.9 Å². The Labute approximate surface area is 178 Å². The van der Waals surface area contributed by atoms with Crippen molar-refractivity contribution >= 4 is 23.6 Å². The Morgan fingerprint density at radius 2 is 1.83 bits per heavy atom. The van der Waals surface area contributed by atoms with Gasteiger partial charge in [-0.15, -0.1) is 0 Å². The largest absolute Gasteiger partial charge is 0.459 e. The summed E-state index contributed by atoms with van der Waals surface area (Å²) >= 11 is 0. The van der Waals surface area contributed by atoms with Crippen LogP contribution in [0.1, 0.15) is 71.4 Å². The number of nitrogens with one attached hydrogen (secondary N) is 2. The van der Waals surface area contributed by atoms with Crippen LogP contribution in [0.3, 0.4) is 0 Å². The summed E-state index contributed by atoms with van der Waals surface area (Å²) in [7, 11) is 1.61. The Bertz CT molecular complexity index is 799. The molecule has 1 atom stereocenters. The van der Waals surface area contributed by atoms with Gasteiger partial charge in [0.25, 0.3) is 0 Å². The molecule has 2 rings (SSSR count). The lowest BCUT2D eigenvalue weighted by Crippen LogP contribution is -2.46. The number of anilines is 1. The van der Waals surface area contributed by atoms with Gasteiger partial charge in [0.1, 0.15) is 0 Å². The van der Waals surface area contributed by atoms with Gasteiger partial charge < -0.3 is 20.3 Å². The van der Waals surface area contributed by atoms with Crippen LogP contribution in [0.5, 0.6) is 0 Å². The van der Waals surface area contributed by atoms with Crippen LogP contribution in [0.15, 0.2) is 35.5 Å². The molecule has 1 aromatic rings. The molecular formula is C23H33N3O4. The normalized spacial score (nSPS) is 16.5. The Morgan fingerprint density at radius 3 is 2.43 bits per heavy atom. The topological polar surface area (TPSA) is 87.7 Å². The van der Waals surface area contributed by atoms with E-state index in [1.54, 1.807) is 52.1 Å². The number of hydrogen-bond donors (Lipinski definition) is 2. The molecule has 0 unspecified atom stereocenters. The zero-order valence-corrected chi connectivity index (χ0v) is 18.6. The zero-order valence-electron chi connectivity index (χ0n) is 18.6. The van der Waals surface area contributed by atoms with Crippen molar-refractivity contribution < 1.29 is 19.1 Å². The van der Waals surface area contributed by atoms with Gasteiger partial charge >= 0.3 is 12.0 Å². The highest BCUT2D eigenvalue weighted by atomic mass is 16.5. The van der Waals surface area contributed by atoms with E-state index >= 15 is 0 Å². The second-order valence-corrected chi connectivity index (χ2v) is 7.88. The number of carbonyl (C=O) groups excluding carboxylic acids is 3. The van der Waals surface area contributed by atoms with Crippen LogP contribution in [0.4, 0.5) is 10.5 Å². The summed E-state index contributed by atoms with van der Waals surface area (Å²) in [4.78, 5) is 38.5. The number of amides is 3. The summed E-state index contributed by atoms with van der Waals surface area (Å²) in [5, 5.41) is 5.75.